The molecule has 0 bridgehead atoms. The summed E-state index contributed by atoms with van der Waals surface area (Å²) in [4.78, 5) is 14.0. The first-order valence-electron chi connectivity index (χ1n) is 6.74. The summed E-state index contributed by atoms with van der Waals surface area (Å²) in [7, 11) is -2.96. The van der Waals surface area contributed by atoms with E-state index in [2.05, 4.69) is 0 Å². The van der Waals surface area contributed by atoms with Crippen LogP contribution in [0.2, 0.25) is 0 Å². The molecule has 2 heterocycles. The van der Waals surface area contributed by atoms with Gasteiger partial charge in [0.2, 0.25) is 0 Å². The molecule has 6 heteroatoms. The van der Waals surface area contributed by atoms with Gasteiger partial charge in [0.25, 0.3) is 5.91 Å². The van der Waals surface area contributed by atoms with Crippen LogP contribution in [-0.4, -0.2) is 49.9 Å². The predicted molar refractivity (Wildman–Crippen MR) is 74.8 cm³/mol. The first-order valence-corrected chi connectivity index (χ1v) is 8.56. The molecule has 1 atom stereocenters. The van der Waals surface area contributed by atoms with Gasteiger partial charge in [0.15, 0.2) is 9.84 Å². The zero-order valence-electron chi connectivity index (χ0n) is 11.3. The number of carbonyl (C=O) groups excluding carboxylic acids is 1. The number of fused-ring (bicyclic) bond motifs is 1. The third kappa shape index (κ3) is 2.52. The standard InChI is InChI=1S/C14H17NO4S/c1-10-8-12-9-11(2-3-13(12)19-10)14(16)15-4-6-20(17,18)7-5-15/h2-3,9-10H,4-8H2,1H3. The lowest BCUT2D eigenvalue weighted by Crippen LogP contribution is -2.43. The van der Waals surface area contributed by atoms with Crippen LogP contribution in [0.3, 0.4) is 0 Å². The van der Waals surface area contributed by atoms with E-state index >= 15 is 0 Å². The highest BCUT2D eigenvalue weighted by Crippen LogP contribution is 2.29. The first-order chi connectivity index (χ1) is 9.44. The minimum absolute atomic E-state index is 0.0594. The lowest BCUT2D eigenvalue weighted by Gasteiger charge is -2.26. The van der Waals surface area contributed by atoms with Gasteiger partial charge < -0.3 is 9.64 Å². The molecule has 108 valence electrons. The Balaban J connectivity index is 1.77. The normalized spacial score (nSPS) is 24.1. The maximum atomic E-state index is 12.4. The van der Waals surface area contributed by atoms with E-state index in [0.717, 1.165) is 17.7 Å². The van der Waals surface area contributed by atoms with E-state index in [9.17, 15) is 13.2 Å². The van der Waals surface area contributed by atoms with Gasteiger partial charge in [0, 0.05) is 25.1 Å². The van der Waals surface area contributed by atoms with Gasteiger partial charge in [-0.25, -0.2) is 8.42 Å². The van der Waals surface area contributed by atoms with E-state index in [1.807, 2.05) is 19.1 Å². The number of sulfone groups is 1. The monoisotopic (exact) mass is 295 g/mol. The second kappa shape index (κ2) is 4.77. The van der Waals surface area contributed by atoms with Crippen molar-refractivity contribution in [3.05, 3.63) is 29.3 Å². The second-order valence-electron chi connectivity index (χ2n) is 5.40. The largest absolute Gasteiger partial charge is 0.490 e. The summed E-state index contributed by atoms with van der Waals surface area (Å²) in [6.07, 6.45) is 0.959. The number of ether oxygens (including phenoxy) is 1. The molecule has 5 nitrogen and oxygen atoms in total. The minimum Gasteiger partial charge on any atom is -0.490 e. The molecule has 1 aromatic rings. The molecule has 0 aromatic heterocycles. The van der Waals surface area contributed by atoms with E-state index in [-0.39, 0.29) is 36.6 Å². The molecule has 0 aliphatic carbocycles. The number of amides is 1. The summed E-state index contributed by atoms with van der Waals surface area (Å²) >= 11 is 0. The van der Waals surface area contributed by atoms with Gasteiger partial charge >= 0.3 is 0 Å². The van der Waals surface area contributed by atoms with Gasteiger partial charge in [-0.05, 0) is 30.7 Å². The summed E-state index contributed by atoms with van der Waals surface area (Å²) in [5.41, 5.74) is 1.66. The minimum atomic E-state index is -2.96. The molecule has 0 saturated carbocycles. The Hall–Kier alpha value is -1.56. The zero-order chi connectivity index (χ0) is 14.3. The molecule has 1 unspecified atom stereocenters. The van der Waals surface area contributed by atoms with Crippen molar-refractivity contribution in [1.82, 2.24) is 4.90 Å². The second-order valence-corrected chi connectivity index (χ2v) is 7.70. The lowest BCUT2D eigenvalue weighted by molar-refractivity contribution is 0.0770. The first kappa shape index (κ1) is 13.4. The smallest absolute Gasteiger partial charge is 0.253 e. The maximum Gasteiger partial charge on any atom is 0.253 e. The molecule has 0 spiro atoms. The molecule has 2 aliphatic rings. The fourth-order valence-corrected chi connectivity index (χ4v) is 3.85. The van der Waals surface area contributed by atoms with Crippen molar-refractivity contribution >= 4 is 15.7 Å². The van der Waals surface area contributed by atoms with Crippen LogP contribution in [-0.2, 0) is 16.3 Å². The van der Waals surface area contributed by atoms with Crippen LogP contribution in [0.15, 0.2) is 18.2 Å². The van der Waals surface area contributed by atoms with Gasteiger partial charge in [0.05, 0.1) is 11.5 Å². The number of carbonyl (C=O) groups is 1. The Bertz CT molecular complexity index is 639. The number of hydrogen-bond donors (Lipinski definition) is 0. The SMILES string of the molecule is CC1Cc2cc(C(=O)N3CCS(=O)(=O)CC3)ccc2O1. The van der Waals surface area contributed by atoms with Crippen LogP contribution in [0, 0.1) is 0 Å². The number of benzene rings is 1. The Kier molecular flexibility index (Phi) is 3.20. The van der Waals surface area contributed by atoms with Gasteiger partial charge in [-0.3, -0.25) is 4.79 Å². The molecule has 1 amide bonds. The van der Waals surface area contributed by atoms with Crippen molar-refractivity contribution in [3.8, 4) is 5.75 Å². The summed E-state index contributed by atoms with van der Waals surface area (Å²) in [6.45, 7) is 2.56. The molecular formula is C14H17NO4S. The van der Waals surface area contributed by atoms with Gasteiger partial charge in [-0.2, -0.15) is 0 Å². The number of nitrogens with zero attached hydrogens (tertiary/aromatic N) is 1. The molecule has 0 N–H and O–H groups in total. The van der Waals surface area contributed by atoms with Crippen molar-refractivity contribution in [1.29, 1.82) is 0 Å². The maximum absolute atomic E-state index is 12.4. The van der Waals surface area contributed by atoms with Gasteiger partial charge in [0.1, 0.15) is 11.9 Å². The molecule has 1 saturated heterocycles. The van der Waals surface area contributed by atoms with E-state index in [4.69, 9.17) is 4.74 Å². The van der Waals surface area contributed by atoms with Crippen molar-refractivity contribution in [3.63, 3.8) is 0 Å². The highest BCUT2D eigenvalue weighted by molar-refractivity contribution is 7.91. The van der Waals surface area contributed by atoms with Gasteiger partial charge in [-0.15, -0.1) is 0 Å². The third-order valence-electron chi connectivity index (χ3n) is 3.77. The highest BCUT2D eigenvalue weighted by Gasteiger charge is 2.27. The van der Waals surface area contributed by atoms with E-state index in [1.165, 1.54) is 0 Å². The van der Waals surface area contributed by atoms with Crippen LogP contribution in [0.4, 0.5) is 0 Å². The predicted octanol–water partition coefficient (Wildman–Crippen LogP) is 0.881. The molecule has 0 radical (unpaired) electrons. The molecule has 1 aromatic carbocycles. The van der Waals surface area contributed by atoms with Crippen LogP contribution in [0.5, 0.6) is 5.75 Å². The highest BCUT2D eigenvalue weighted by atomic mass is 32.2. The van der Waals surface area contributed by atoms with Crippen LogP contribution in [0.1, 0.15) is 22.8 Å². The zero-order valence-corrected chi connectivity index (χ0v) is 12.1. The van der Waals surface area contributed by atoms with Crippen LogP contribution < -0.4 is 4.74 Å². The summed E-state index contributed by atoms with van der Waals surface area (Å²) in [5, 5.41) is 0. The topological polar surface area (TPSA) is 63.7 Å². The molecular weight excluding hydrogens is 278 g/mol. The molecule has 3 rings (SSSR count). The Morgan fingerprint density at radius 3 is 2.70 bits per heavy atom. The Morgan fingerprint density at radius 2 is 2.00 bits per heavy atom. The molecule has 20 heavy (non-hydrogen) atoms. The Labute approximate surface area is 118 Å². The van der Waals surface area contributed by atoms with Crippen LogP contribution >= 0.6 is 0 Å². The summed E-state index contributed by atoms with van der Waals surface area (Å²) in [6, 6.07) is 5.44. The molecule has 1 fully saturated rings. The average Bonchev–Trinajstić information content (AvgIpc) is 2.77. The fourth-order valence-electron chi connectivity index (χ4n) is 2.65. The quantitative estimate of drug-likeness (QED) is 0.771. The summed E-state index contributed by atoms with van der Waals surface area (Å²) in [5.74, 6) is 0.866. The van der Waals surface area contributed by atoms with Crippen LogP contribution in [0.25, 0.3) is 0 Å². The lowest BCUT2D eigenvalue weighted by atomic mass is 10.1. The number of hydrogen-bond acceptors (Lipinski definition) is 4. The average molecular weight is 295 g/mol. The van der Waals surface area contributed by atoms with Crippen molar-refractivity contribution in [2.45, 2.75) is 19.4 Å². The summed E-state index contributed by atoms with van der Waals surface area (Å²) < 4.78 is 28.4. The Morgan fingerprint density at radius 1 is 1.30 bits per heavy atom. The van der Waals surface area contributed by atoms with Gasteiger partial charge in [-0.1, -0.05) is 0 Å². The molecule has 2 aliphatic heterocycles. The van der Waals surface area contributed by atoms with E-state index < -0.39 is 9.84 Å². The van der Waals surface area contributed by atoms with Crippen molar-refractivity contribution in [2.24, 2.45) is 0 Å². The number of rotatable bonds is 1. The fraction of sp³-hybridized carbons (Fsp3) is 0.500. The van der Waals surface area contributed by atoms with Crippen molar-refractivity contribution in [2.75, 3.05) is 24.6 Å². The third-order valence-corrected chi connectivity index (χ3v) is 5.38. The van der Waals surface area contributed by atoms with E-state index in [1.54, 1.807) is 11.0 Å². The van der Waals surface area contributed by atoms with E-state index in [0.29, 0.717) is 5.56 Å². The van der Waals surface area contributed by atoms with Crippen molar-refractivity contribution < 1.29 is 17.9 Å².